The third-order valence-electron chi connectivity index (χ3n) is 2.17. The van der Waals surface area contributed by atoms with Gasteiger partial charge in [0.2, 0.25) is 0 Å². The topological polar surface area (TPSA) is 12.0 Å². The van der Waals surface area contributed by atoms with Crippen LogP contribution in [0.3, 0.4) is 0 Å². The van der Waals surface area contributed by atoms with Crippen LogP contribution in [0.4, 0.5) is 0 Å². The molecule has 0 radical (unpaired) electrons. The van der Waals surface area contributed by atoms with E-state index in [4.69, 9.17) is 11.8 Å². The summed E-state index contributed by atoms with van der Waals surface area (Å²) >= 11 is 5.48. The summed E-state index contributed by atoms with van der Waals surface area (Å²) in [5, 5.41) is 0. The molecule has 1 aliphatic rings. The Morgan fingerprint density at radius 3 is 2.22 bits per heavy atom. The van der Waals surface area contributed by atoms with Crippen molar-refractivity contribution < 1.29 is 0 Å². The van der Waals surface area contributed by atoms with Gasteiger partial charge in [-0.1, -0.05) is 6.92 Å². The SMILES string of the molecule is CC1CCC(NCl)CC1. The van der Waals surface area contributed by atoms with E-state index in [9.17, 15) is 0 Å². The number of nitrogens with one attached hydrogen (secondary N) is 1. The van der Waals surface area contributed by atoms with E-state index in [1.54, 1.807) is 0 Å². The Balaban J connectivity index is 2.18. The van der Waals surface area contributed by atoms with Gasteiger partial charge in [0.25, 0.3) is 0 Å². The maximum absolute atomic E-state index is 5.48. The fraction of sp³-hybridized carbons (Fsp3) is 1.00. The smallest absolute Gasteiger partial charge is 0.0221 e. The minimum atomic E-state index is 0.586. The van der Waals surface area contributed by atoms with Gasteiger partial charge in [0, 0.05) is 6.04 Å². The lowest BCUT2D eigenvalue weighted by molar-refractivity contribution is 0.335. The van der Waals surface area contributed by atoms with Gasteiger partial charge in [0.15, 0.2) is 0 Å². The molecule has 1 rings (SSSR count). The number of rotatable bonds is 1. The third kappa shape index (κ3) is 2.15. The molecule has 1 nitrogen and oxygen atoms in total. The van der Waals surface area contributed by atoms with E-state index in [2.05, 4.69) is 11.8 Å². The van der Waals surface area contributed by atoms with Crippen molar-refractivity contribution in [1.29, 1.82) is 0 Å². The highest BCUT2D eigenvalue weighted by atomic mass is 35.5. The lowest BCUT2D eigenvalue weighted by atomic mass is 9.88. The van der Waals surface area contributed by atoms with Gasteiger partial charge in [-0.25, -0.2) is 4.84 Å². The van der Waals surface area contributed by atoms with Crippen LogP contribution in [0.5, 0.6) is 0 Å². The van der Waals surface area contributed by atoms with Crippen molar-refractivity contribution >= 4 is 11.8 Å². The first-order chi connectivity index (χ1) is 4.33. The summed E-state index contributed by atoms with van der Waals surface area (Å²) in [4.78, 5) is 2.80. The zero-order valence-corrected chi connectivity index (χ0v) is 6.62. The Bertz CT molecular complexity index is 77.0. The van der Waals surface area contributed by atoms with Gasteiger partial charge >= 0.3 is 0 Å². The van der Waals surface area contributed by atoms with Crippen molar-refractivity contribution in [2.45, 2.75) is 38.6 Å². The molecule has 0 bridgehead atoms. The van der Waals surface area contributed by atoms with Crippen LogP contribution in [0.15, 0.2) is 0 Å². The molecule has 0 heterocycles. The van der Waals surface area contributed by atoms with Crippen molar-refractivity contribution in [1.82, 2.24) is 4.84 Å². The maximum atomic E-state index is 5.48. The standard InChI is InChI=1S/C7H14ClN/c1-6-2-4-7(9-8)5-3-6/h6-7,9H,2-5H2,1H3. The monoisotopic (exact) mass is 147 g/mol. The molecule has 0 aromatic carbocycles. The zero-order chi connectivity index (χ0) is 6.69. The van der Waals surface area contributed by atoms with Crippen LogP contribution in [0.2, 0.25) is 0 Å². The van der Waals surface area contributed by atoms with Crippen LogP contribution in [-0.4, -0.2) is 6.04 Å². The average molecular weight is 148 g/mol. The van der Waals surface area contributed by atoms with Crippen molar-refractivity contribution in [3.05, 3.63) is 0 Å². The van der Waals surface area contributed by atoms with Crippen molar-refractivity contribution in [2.75, 3.05) is 0 Å². The second kappa shape index (κ2) is 3.43. The maximum Gasteiger partial charge on any atom is 0.0221 e. The summed E-state index contributed by atoms with van der Waals surface area (Å²) in [6.45, 7) is 2.31. The number of hydrogen-bond acceptors (Lipinski definition) is 1. The summed E-state index contributed by atoms with van der Waals surface area (Å²) < 4.78 is 0. The van der Waals surface area contributed by atoms with E-state index < -0.39 is 0 Å². The predicted molar refractivity (Wildman–Crippen MR) is 40.4 cm³/mol. The molecule has 0 spiro atoms. The van der Waals surface area contributed by atoms with Crippen molar-refractivity contribution in [3.63, 3.8) is 0 Å². The molecule has 0 atom stereocenters. The van der Waals surface area contributed by atoms with E-state index in [0.717, 1.165) is 5.92 Å². The molecule has 9 heavy (non-hydrogen) atoms. The lowest BCUT2D eigenvalue weighted by Gasteiger charge is -2.24. The highest BCUT2D eigenvalue weighted by Crippen LogP contribution is 2.23. The average Bonchev–Trinajstić information content (AvgIpc) is 1.90. The molecule has 1 N–H and O–H groups in total. The van der Waals surface area contributed by atoms with Crippen LogP contribution < -0.4 is 4.84 Å². The Kier molecular flexibility index (Phi) is 2.80. The van der Waals surface area contributed by atoms with Gasteiger partial charge in [0.05, 0.1) is 0 Å². The molecule has 0 saturated heterocycles. The fourth-order valence-electron chi connectivity index (χ4n) is 1.37. The third-order valence-corrected chi connectivity index (χ3v) is 2.48. The Morgan fingerprint density at radius 1 is 1.22 bits per heavy atom. The van der Waals surface area contributed by atoms with Gasteiger partial charge in [-0.15, -0.1) is 0 Å². The van der Waals surface area contributed by atoms with Crippen LogP contribution in [-0.2, 0) is 0 Å². The summed E-state index contributed by atoms with van der Waals surface area (Å²) in [7, 11) is 0. The first-order valence-corrected chi connectivity index (χ1v) is 4.07. The van der Waals surface area contributed by atoms with Crippen molar-refractivity contribution in [3.8, 4) is 0 Å². The van der Waals surface area contributed by atoms with Gasteiger partial charge < -0.3 is 0 Å². The summed E-state index contributed by atoms with van der Waals surface area (Å²) in [5.74, 6) is 0.922. The highest BCUT2D eigenvalue weighted by Gasteiger charge is 2.16. The van der Waals surface area contributed by atoms with Crippen molar-refractivity contribution in [2.24, 2.45) is 5.92 Å². The Morgan fingerprint density at radius 2 is 1.78 bits per heavy atom. The summed E-state index contributed by atoms with van der Waals surface area (Å²) in [6.07, 6.45) is 5.18. The summed E-state index contributed by atoms with van der Waals surface area (Å²) in [5.41, 5.74) is 0. The quantitative estimate of drug-likeness (QED) is 0.562. The molecule has 1 aliphatic carbocycles. The number of halogens is 1. The molecule has 1 saturated carbocycles. The van der Waals surface area contributed by atoms with Crippen LogP contribution in [0, 0.1) is 5.92 Å². The molecule has 1 fully saturated rings. The van der Waals surface area contributed by atoms with Gasteiger partial charge in [0.1, 0.15) is 0 Å². The normalized spacial score (nSPS) is 36.7. The van der Waals surface area contributed by atoms with Crippen LogP contribution >= 0.6 is 11.8 Å². The van der Waals surface area contributed by atoms with E-state index >= 15 is 0 Å². The predicted octanol–water partition coefficient (Wildman–Crippen LogP) is 2.31. The molecule has 0 amide bonds. The fourth-order valence-corrected chi connectivity index (χ4v) is 1.59. The van der Waals surface area contributed by atoms with E-state index in [0.29, 0.717) is 6.04 Å². The molecule has 54 valence electrons. The van der Waals surface area contributed by atoms with E-state index in [1.807, 2.05) is 0 Å². The molecule has 0 aromatic heterocycles. The van der Waals surface area contributed by atoms with Gasteiger partial charge in [-0.2, -0.15) is 0 Å². The zero-order valence-electron chi connectivity index (χ0n) is 5.86. The molecule has 2 heteroatoms. The largest absolute Gasteiger partial charge is 0.230 e. The minimum Gasteiger partial charge on any atom is -0.230 e. The minimum absolute atomic E-state index is 0.586. The first kappa shape index (κ1) is 7.36. The molecular weight excluding hydrogens is 134 g/mol. The highest BCUT2D eigenvalue weighted by molar-refractivity contribution is 6.13. The summed E-state index contributed by atoms with van der Waals surface area (Å²) in [6, 6.07) is 0.586. The first-order valence-electron chi connectivity index (χ1n) is 3.69. The van der Waals surface area contributed by atoms with Crippen LogP contribution in [0.25, 0.3) is 0 Å². The molecule has 0 unspecified atom stereocenters. The molecule has 0 aromatic rings. The van der Waals surface area contributed by atoms with Gasteiger partial charge in [-0.05, 0) is 43.4 Å². The Hall–Kier alpha value is 0.250. The number of hydrogen-bond donors (Lipinski definition) is 1. The van der Waals surface area contributed by atoms with Crippen LogP contribution in [0.1, 0.15) is 32.6 Å². The van der Waals surface area contributed by atoms with E-state index in [-0.39, 0.29) is 0 Å². The van der Waals surface area contributed by atoms with Gasteiger partial charge in [-0.3, -0.25) is 0 Å². The second-order valence-electron chi connectivity index (χ2n) is 3.07. The van der Waals surface area contributed by atoms with E-state index in [1.165, 1.54) is 25.7 Å². The lowest BCUT2D eigenvalue weighted by Crippen LogP contribution is -2.25. The molecular formula is C7H14ClN. The second-order valence-corrected chi connectivity index (χ2v) is 3.28. The Labute approximate surface area is 61.9 Å². The molecule has 0 aliphatic heterocycles.